The Hall–Kier alpha value is -0.850. The van der Waals surface area contributed by atoms with Gasteiger partial charge in [-0.05, 0) is 17.7 Å². The van der Waals surface area contributed by atoms with E-state index in [9.17, 15) is 4.79 Å². The molecule has 0 unspecified atom stereocenters. The summed E-state index contributed by atoms with van der Waals surface area (Å²) in [6.45, 7) is 4.31. The molecule has 126 valence electrons. The summed E-state index contributed by atoms with van der Waals surface area (Å²) in [5.74, 6) is -0.708. The number of ether oxygens (including phenoxy) is 1. The lowest BCUT2D eigenvalue weighted by Crippen LogP contribution is -2.53. The molecule has 0 aromatic heterocycles. The monoisotopic (exact) mass is 358 g/mol. The zero-order valence-corrected chi connectivity index (χ0v) is 14.2. The molecule has 2 aliphatic heterocycles. The Morgan fingerprint density at radius 2 is 2.13 bits per heavy atom. The second-order valence-corrected chi connectivity index (χ2v) is 7.00. The SMILES string of the molecule is O=C(O)C1CN(C[C@@H]2CNCCO[C@H]2c2ccc(Cl)c(Cl)c2)C1. The molecule has 7 heteroatoms. The maximum absolute atomic E-state index is 10.9. The first-order chi connectivity index (χ1) is 11.0. The van der Waals surface area contributed by atoms with Gasteiger partial charge in [-0.3, -0.25) is 4.79 Å². The zero-order valence-electron chi connectivity index (χ0n) is 12.7. The van der Waals surface area contributed by atoms with E-state index in [4.69, 9.17) is 33.0 Å². The normalized spacial score (nSPS) is 26.5. The van der Waals surface area contributed by atoms with Gasteiger partial charge in [0.1, 0.15) is 0 Å². The minimum Gasteiger partial charge on any atom is -0.481 e. The summed E-state index contributed by atoms with van der Waals surface area (Å²) in [7, 11) is 0. The van der Waals surface area contributed by atoms with Crippen molar-refractivity contribution >= 4 is 29.2 Å². The molecule has 1 aromatic rings. The van der Waals surface area contributed by atoms with Crippen molar-refractivity contribution in [1.29, 1.82) is 0 Å². The predicted molar refractivity (Wildman–Crippen MR) is 89.1 cm³/mol. The molecule has 2 fully saturated rings. The van der Waals surface area contributed by atoms with Crippen LogP contribution >= 0.6 is 23.2 Å². The number of benzene rings is 1. The third-order valence-electron chi connectivity index (χ3n) is 4.48. The van der Waals surface area contributed by atoms with Gasteiger partial charge in [-0.25, -0.2) is 0 Å². The average molecular weight is 359 g/mol. The van der Waals surface area contributed by atoms with Gasteiger partial charge in [0.05, 0.1) is 28.7 Å². The quantitative estimate of drug-likeness (QED) is 0.864. The van der Waals surface area contributed by atoms with Crippen molar-refractivity contribution < 1.29 is 14.6 Å². The van der Waals surface area contributed by atoms with E-state index in [1.54, 1.807) is 6.07 Å². The van der Waals surface area contributed by atoms with Crippen LogP contribution in [0.2, 0.25) is 10.0 Å². The largest absolute Gasteiger partial charge is 0.481 e. The predicted octanol–water partition coefficient (Wildman–Crippen LogP) is 2.29. The lowest BCUT2D eigenvalue weighted by atomic mass is 9.92. The fourth-order valence-corrected chi connectivity index (χ4v) is 3.52. The highest BCUT2D eigenvalue weighted by atomic mass is 35.5. The Morgan fingerprint density at radius 1 is 1.35 bits per heavy atom. The maximum Gasteiger partial charge on any atom is 0.309 e. The summed E-state index contributed by atoms with van der Waals surface area (Å²) in [6.07, 6.45) is -0.0661. The molecule has 5 nitrogen and oxygen atoms in total. The zero-order chi connectivity index (χ0) is 16.4. The fraction of sp³-hybridized carbons (Fsp3) is 0.562. The van der Waals surface area contributed by atoms with E-state index >= 15 is 0 Å². The van der Waals surface area contributed by atoms with Crippen LogP contribution in [0.25, 0.3) is 0 Å². The average Bonchev–Trinajstić information content (AvgIpc) is 2.70. The molecule has 23 heavy (non-hydrogen) atoms. The number of likely N-dealkylation sites (tertiary alicyclic amines) is 1. The van der Waals surface area contributed by atoms with Gasteiger partial charge < -0.3 is 20.1 Å². The van der Waals surface area contributed by atoms with Gasteiger partial charge in [0, 0.05) is 38.6 Å². The number of nitrogens with zero attached hydrogens (tertiary/aromatic N) is 1. The van der Waals surface area contributed by atoms with Gasteiger partial charge >= 0.3 is 5.97 Å². The van der Waals surface area contributed by atoms with Crippen LogP contribution in [0, 0.1) is 11.8 Å². The Labute approximate surface area is 145 Å². The third-order valence-corrected chi connectivity index (χ3v) is 5.22. The standard InChI is InChI=1S/C16H20Cl2N2O3/c17-13-2-1-10(5-14(13)18)15-11(6-19-3-4-23-15)7-20-8-12(9-20)16(21)22/h1-2,5,11-12,15,19H,3-4,6-9H2,(H,21,22)/t11-,15-/m0/s1. The van der Waals surface area contributed by atoms with Crippen molar-refractivity contribution in [2.24, 2.45) is 11.8 Å². The van der Waals surface area contributed by atoms with E-state index in [1.165, 1.54) is 0 Å². The van der Waals surface area contributed by atoms with E-state index in [0.717, 1.165) is 25.2 Å². The van der Waals surface area contributed by atoms with Gasteiger partial charge in [-0.1, -0.05) is 29.3 Å². The smallest absolute Gasteiger partial charge is 0.309 e. The van der Waals surface area contributed by atoms with Crippen molar-refractivity contribution in [2.75, 3.05) is 39.3 Å². The number of aliphatic carboxylic acids is 1. The second-order valence-electron chi connectivity index (χ2n) is 6.18. The molecule has 2 aliphatic rings. The first-order valence-electron chi connectivity index (χ1n) is 7.77. The molecule has 3 rings (SSSR count). The van der Waals surface area contributed by atoms with Crippen molar-refractivity contribution in [1.82, 2.24) is 10.2 Å². The molecule has 0 amide bonds. The minimum atomic E-state index is -0.711. The van der Waals surface area contributed by atoms with Gasteiger partial charge in [0.2, 0.25) is 0 Å². The van der Waals surface area contributed by atoms with Gasteiger partial charge in [-0.15, -0.1) is 0 Å². The van der Waals surface area contributed by atoms with E-state index in [-0.39, 0.29) is 17.9 Å². The number of rotatable bonds is 4. The molecular weight excluding hydrogens is 339 g/mol. The van der Waals surface area contributed by atoms with Crippen LogP contribution < -0.4 is 5.32 Å². The van der Waals surface area contributed by atoms with E-state index < -0.39 is 5.97 Å². The Balaban J connectivity index is 1.70. The lowest BCUT2D eigenvalue weighted by molar-refractivity contribution is -0.148. The fourth-order valence-electron chi connectivity index (χ4n) is 3.21. The Kier molecular flexibility index (Phi) is 5.44. The molecule has 0 saturated carbocycles. The summed E-state index contributed by atoms with van der Waals surface area (Å²) in [5.41, 5.74) is 1.02. The molecule has 0 radical (unpaired) electrons. The number of nitrogens with one attached hydrogen (secondary N) is 1. The molecule has 2 saturated heterocycles. The maximum atomic E-state index is 10.9. The van der Waals surface area contributed by atoms with Gasteiger partial charge in [-0.2, -0.15) is 0 Å². The van der Waals surface area contributed by atoms with E-state index in [1.807, 2.05) is 12.1 Å². The van der Waals surface area contributed by atoms with E-state index in [0.29, 0.717) is 29.7 Å². The number of carboxylic acids is 1. The highest BCUT2D eigenvalue weighted by Crippen LogP contribution is 2.33. The van der Waals surface area contributed by atoms with Crippen LogP contribution in [0.5, 0.6) is 0 Å². The third kappa shape index (κ3) is 3.98. The van der Waals surface area contributed by atoms with E-state index in [2.05, 4.69) is 10.2 Å². The highest BCUT2D eigenvalue weighted by molar-refractivity contribution is 6.42. The summed E-state index contributed by atoms with van der Waals surface area (Å²) in [4.78, 5) is 13.1. The van der Waals surface area contributed by atoms with Crippen LogP contribution in [0.4, 0.5) is 0 Å². The minimum absolute atomic E-state index is 0.0661. The molecule has 0 aliphatic carbocycles. The van der Waals surface area contributed by atoms with Crippen molar-refractivity contribution in [3.05, 3.63) is 33.8 Å². The summed E-state index contributed by atoms with van der Waals surface area (Å²) in [6, 6.07) is 5.61. The molecule has 2 atom stereocenters. The lowest BCUT2D eigenvalue weighted by Gasteiger charge is -2.40. The molecule has 0 bridgehead atoms. The number of halogens is 2. The molecular formula is C16H20Cl2N2O3. The summed E-state index contributed by atoms with van der Waals surface area (Å²) in [5, 5.41) is 13.4. The van der Waals surface area contributed by atoms with Crippen LogP contribution in [0.15, 0.2) is 18.2 Å². The molecule has 1 aromatic carbocycles. The van der Waals surface area contributed by atoms with Crippen LogP contribution in [-0.2, 0) is 9.53 Å². The second kappa shape index (κ2) is 7.36. The molecule has 2 N–H and O–H groups in total. The summed E-state index contributed by atoms with van der Waals surface area (Å²) >= 11 is 12.1. The van der Waals surface area contributed by atoms with Gasteiger partial charge in [0.25, 0.3) is 0 Å². The van der Waals surface area contributed by atoms with Crippen molar-refractivity contribution in [3.63, 3.8) is 0 Å². The number of carboxylic acid groups (broad SMARTS) is 1. The van der Waals surface area contributed by atoms with Crippen LogP contribution in [0.3, 0.4) is 0 Å². The summed E-state index contributed by atoms with van der Waals surface area (Å²) < 4.78 is 6.03. The van der Waals surface area contributed by atoms with Crippen molar-refractivity contribution in [2.45, 2.75) is 6.10 Å². The number of carbonyl (C=O) groups is 1. The first kappa shape index (κ1) is 17.0. The van der Waals surface area contributed by atoms with Crippen molar-refractivity contribution in [3.8, 4) is 0 Å². The molecule has 0 spiro atoms. The highest BCUT2D eigenvalue weighted by Gasteiger charge is 2.36. The Morgan fingerprint density at radius 3 is 2.83 bits per heavy atom. The number of hydrogen-bond acceptors (Lipinski definition) is 4. The topological polar surface area (TPSA) is 61.8 Å². The van der Waals surface area contributed by atoms with Crippen LogP contribution in [0.1, 0.15) is 11.7 Å². The number of hydrogen-bond donors (Lipinski definition) is 2. The van der Waals surface area contributed by atoms with Gasteiger partial charge in [0.15, 0.2) is 0 Å². The Bertz CT molecular complexity index is 578. The van der Waals surface area contributed by atoms with Crippen LogP contribution in [-0.4, -0.2) is 55.3 Å². The molecule has 2 heterocycles. The first-order valence-corrected chi connectivity index (χ1v) is 8.52.